The first-order valence-electron chi connectivity index (χ1n) is 7.42. The lowest BCUT2D eigenvalue weighted by Crippen LogP contribution is -2.52. The summed E-state index contributed by atoms with van der Waals surface area (Å²) >= 11 is 0. The van der Waals surface area contributed by atoms with E-state index in [4.69, 9.17) is 4.74 Å². The van der Waals surface area contributed by atoms with Crippen LogP contribution in [0.4, 0.5) is 0 Å². The van der Waals surface area contributed by atoms with Crippen molar-refractivity contribution in [3.63, 3.8) is 0 Å². The van der Waals surface area contributed by atoms with Gasteiger partial charge in [0.05, 0.1) is 5.60 Å². The lowest BCUT2D eigenvalue weighted by Gasteiger charge is -2.39. The van der Waals surface area contributed by atoms with E-state index in [2.05, 4.69) is 17.3 Å². The molecule has 104 valence electrons. The van der Waals surface area contributed by atoms with Gasteiger partial charge in [-0.25, -0.2) is 0 Å². The molecule has 4 nitrogen and oxygen atoms in total. The zero-order valence-corrected chi connectivity index (χ0v) is 11.4. The summed E-state index contributed by atoms with van der Waals surface area (Å²) in [7, 11) is 2.27. The predicted molar refractivity (Wildman–Crippen MR) is 70.6 cm³/mol. The van der Waals surface area contributed by atoms with Gasteiger partial charge in [-0.15, -0.1) is 0 Å². The highest BCUT2D eigenvalue weighted by Gasteiger charge is 2.39. The topological polar surface area (TPSA) is 44.7 Å². The number of piperidine rings is 1. The Morgan fingerprint density at radius 3 is 2.44 bits per heavy atom. The lowest BCUT2D eigenvalue weighted by atomic mass is 9.92. The molecule has 2 bridgehead atoms. The molecule has 3 aliphatic heterocycles. The van der Waals surface area contributed by atoms with Gasteiger partial charge in [0.1, 0.15) is 0 Å². The summed E-state index contributed by atoms with van der Waals surface area (Å²) in [6.07, 6.45) is 6.77. The van der Waals surface area contributed by atoms with Crippen molar-refractivity contribution >= 4 is 0 Å². The molecular weight excluding hydrogens is 228 g/mol. The van der Waals surface area contributed by atoms with Gasteiger partial charge in [-0.2, -0.15) is 0 Å². The second-order valence-corrected chi connectivity index (χ2v) is 6.44. The summed E-state index contributed by atoms with van der Waals surface area (Å²) in [5.41, 5.74) is -0.527. The van der Waals surface area contributed by atoms with Crippen LogP contribution < -0.4 is 5.32 Å². The second kappa shape index (κ2) is 5.08. The largest absolute Gasteiger partial charge is 0.388 e. The van der Waals surface area contributed by atoms with Crippen LogP contribution in [-0.4, -0.2) is 60.5 Å². The van der Waals surface area contributed by atoms with Crippen molar-refractivity contribution in [2.75, 3.05) is 26.8 Å². The zero-order valence-electron chi connectivity index (χ0n) is 11.4. The van der Waals surface area contributed by atoms with Crippen molar-refractivity contribution in [2.24, 2.45) is 0 Å². The van der Waals surface area contributed by atoms with Gasteiger partial charge in [0.2, 0.25) is 0 Å². The van der Waals surface area contributed by atoms with E-state index in [-0.39, 0.29) is 0 Å². The molecule has 0 saturated carbocycles. The monoisotopic (exact) mass is 254 g/mol. The molecule has 0 aromatic carbocycles. The van der Waals surface area contributed by atoms with Crippen LogP contribution in [0.5, 0.6) is 0 Å². The fourth-order valence-electron chi connectivity index (χ4n) is 3.84. The lowest BCUT2D eigenvalue weighted by molar-refractivity contribution is -0.0639. The molecule has 2 N–H and O–H groups in total. The van der Waals surface area contributed by atoms with Crippen LogP contribution in [0.2, 0.25) is 0 Å². The fourth-order valence-corrected chi connectivity index (χ4v) is 3.84. The Bertz CT molecular complexity index is 278. The molecule has 3 fully saturated rings. The number of nitrogens with zero attached hydrogens (tertiary/aromatic N) is 1. The van der Waals surface area contributed by atoms with E-state index in [1.165, 1.54) is 25.7 Å². The molecule has 3 heterocycles. The van der Waals surface area contributed by atoms with Gasteiger partial charge in [-0.3, -0.25) is 0 Å². The Balaban J connectivity index is 1.49. The molecule has 3 saturated heterocycles. The van der Waals surface area contributed by atoms with Crippen molar-refractivity contribution in [3.8, 4) is 0 Å². The molecule has 0 radical (unpaired) electrons. The van der Waals surface area contributed by atoms with Crippen LogP contribution in [0.1, 0.15) is 38.5 Å². The Morgan fingerprint density at radius 2 is 1.83 bits per heavy atom. The maximum Gasteiger partial charge on any atom is 0.0815 e. The fraction of sp³-hybridized carbons (Fsp3) is 1.00. The Morgan fingerprint density at radius 1 is 1.22 bits per heavy atom. The first-order chi connectivity index (χ1) is 8.66. The number of ether oxygens (including phenoxy) is 1. The van der Waals surface area contributed by atoms with Gasteiger partial charge in [-0.1, -0.05) is 0 Å². The molecule has 2 atom stereocenters. The number of nitrogens with one attached hydrogen (secondary N) is 1. The predicted octanol–water partition coefficient (Wildman–Crippen LogP) is 0.743. The molecule has 0 spiro atoms. The summed E-state index contributed by atoms with van der Waals surface area (Å²) in [6.45, 7) is 2.15. The van der Waals surface area contributed by atoms with Gasteiger partial charge >= 0.3 is 0 Å². The molecule has 0 aromatic heterocycles. The molecule has 0 aliphatic carbocycles. The highest BCUT2D eigenvalue weighted by molar-refractivity contribution is 4.97. The standard InChI is InChI=1S/C14H26N2O2/c1-16-12-2-3-13(16)9-11(8-12)15-10-14(17)4-6-18-7-5-14/h11-13,15,17H,2-10H2,1H3. The van der Waals surface area contributed by atoms with Gasteiger partial charge in [-0.05, 0) is 32.7 Å². The van der Waals surface area contributed by atoms with Gasteiger partial charge in [0.25, 0.3) is 0 Å². The Kier molecular flexibility index (Phi) is 3.63. The summed E-state index contributed by atoms with van der Waals surface area (Å²) < 4.78 is 5.32. The quantitative estimate of drug-likeness (QED) is 0.780. The van der Waals surface area contributed by atoms with Crippen molar-refractivity contribution in [1.29, 1.82) is 0 Å². The minimum Gasteiger partial charge on any atom is -0.388 e. The first-order valence-corrected chi connectivity index (χ1v) is 7.42. The highest BCUT2D eigenvalue weighted by Crippen LogP contribution is 2.34. The van der Waals surface area contributed by atoms with Crippen LogP contribution in [0, 0.1) is 0 Å². The third-order valence-electron chi connectivity index (χ3n) is 5.24. The van der Waals surface area contributed by atoms with E-state index in [0.717, 1.165) is 31.5 Å². The average molecular weight is 254 g/mol. The number of fused-ring (bicyclic) bond motifs is 2. The molecule has 18 heavy (non-hydrogen) atoms. The molecule has 4 heteroatoms. The van der Waals surface area contributed by atoms with Crippen LogP contribution in [0.25, 0.3) is 0 Å². The molecule has 0 amide bonds. The number of aliphatic hydroxyl groups is 1. The number of hydrogen-bond donors (Lipinski definition) is 2. The van der Waals surface area contributed by atoms with Crippen molar-refractivity contribution < 1.29 is 9.84 Å². The maximum absolute atomic E-state index is 10.4. The molecular formula is C14H26N2O2. The van der Waals surface area contributed by atoms with Crippen LogP contribution in [0.15, 0.2) is 0 Å². The summed E-state index contributed by atoms with van der Waals surface area (Å²) in [6, 6.07) is 2.14. The number of hydrogen-bond acceptors (Lipinski definition) is 4. The van der Waals surface area contributed by atoms with Gasteiger partial charge in [0, 0.05) is 50.7 Å². The Labute approximate surface area is 110 Å². The van der Waals surface area contributed by atoms with Crippen molar-refractivity contribution in [1.82, 2.24) is 10.2 Å². The third kappa shape index (κ3) is 2.57. The Hall–Kier alpha value is -0.160. The SMILES string of the molecule is CN1C2CCC1CC(NCC1(O)CCOCC1)C2. The molecule has 3 aliphatic rings. The van der Waals surface area contributed by atoms with Crippen molar-refractivity contribution in [2.45, 2.75) is 62.3 Å². The minimum atomic E-state index is -0.527. The summed E-state index contributed by atoms with van der Waals surface area (Å²) in [5.74, 6) is 0. The van der Waals surface area contributed by atoms with E-state index in [1.54, 1.807) is 0 Å². The van der Waals surface area contributed by atoms with E-state index in [9.17, 15) is 5.11 Å². The van der Waals surface area contributed by atoms with E-state index in [1.807, 2.05) is 0 Å². The van der Waals surface area contributed by atoms with Gasteiger partial charge in [0.15, 0.2) is 0 Å². The molecule has 3 rings (SSSR count). The summed E-state index contributed by atoms with van der Waals surface area (Å²) in [4.78, 5) is 2.56. The average Bonchev–Trinajstić information content (AvgIpc) is 2.61. The van der Waals surface area contributed by atoms with E-state index in [0.29, 0.717) is 19.3 Å². The number of rotatable bonds is 3. The summed E-state index contributed by atoms with van der Waals surface area (Å²) in [5, 5.41) is 14.1. The van der Waals surface area contributed by atoms with Crippen LogP contribution in [-0.2, 0) is 4.74 Å². The highest BCUT2D eigenvalue weighted by atomic mass is 16.5. The van der Waals surface area contributed by atoms with E-state index < -0.39 is 5.60 Å². The van der Waals surface area contributed by atoms with Gasteiger partial charge < -0.3 is 20.1 Å². The van der Waals surface area contributed by atoms with Crippen LogP contribution in [0.3, 0.4) is 0 Å². The maximum atomic E-state index is 10.4. The van der Waals surface area contributed by atoms with E-state index >= 15 is 0 Å². The minimum absolute atomic E-state index is 0.527. The molecule has 2 unspecified atom stereocenters. The normalized spacial score (nSPS) is 40.0. The second-order valence-electron chi connectivity index (χ2n) is 6.44. The molecule has 0 aromatic rings. The first kappa shape index (κ1) is 12.9. The smallest absolute Gasteiger partial charge is 0.0815 e. The van der Waals surface area contributed by atoms with Crippen molar-refractivity contribution in [3.05, 3.63) is 0 Å². The van der Waals surface area contributed by atoms with Crippen LogP contribution >= 0.6 is 0 Å². The zero-order chi connectivity index (χ0) is 12.6. The third-order valence-corrected chi connectivity index (χ3v) is 5.24.